The standard InChI is InChI=1S/C15H15B3F3N3O2/c1-8(25)7-26-11-4-9(2-3-10(11)5-22)13-23-12(14(19,20)21)6-24(13)15(16,17)18/h2-4,6,8,25H,5,7,22H2,1H3. The maximum atomic E-state index is 13.0. The highest BCUT2D eigenvalue weighted by molar-refractivity contribution is 6.56. The Morgan fingerprint density at radius 1 is 1.31 bits per heavy atom. The quantitative estimate of drug-likeness (QED) is 0.751. The van der Waals surface area contributed by atoms with Crippen molar-refractivity contribution in [2.75, 3.05) is 6.61 Å². The second kappa shape index (κ2) is 7.40. The molecule has 1 aromatic heterocycles. The Hall–Kier alpha value is -1.87. The van der Waals surface area contributed by atoms with E-state index in [-0.39, 0.29) is 24.5 Å². The third-order valence-electron chi connectivity index (χ3n) is 3.44. The predicted octanol–water partition coefficient (Wildman–Crippen LogP) is 0.860. The summed E-state index contributed by atoms with van der Waals surface area (Å²) in [5.74, 6) is 0.112. The monoisotopic (exact) mass is 359 g/mol. The lowest BCUT2D eigenvalue weighted by Crippen LogP contribution is -2.35. The Kier molecular flexibility index (Phi) is 5.82. The van der Waals surface area contributed by atoms with E-state index in [0.29, 0.717) is 17.5 Å². The minimum atomic E-state index is -4.70. The van der Waals surface area contributed by atoms with Crippen LogP contribution in [-0.4, -0.2) is 50.9 Å². The number of aliphatic hydroxyl groups is 1. The molecule has 0 saturated carbocycles. The highest BCUT2D eigenvalue weighted by Gasteiger charge is 2.36. The van der Waals surface area contributed by atoms with Gasteiger partial charge in [-0.15, -0.1) is 0 Å². The third kappa shape index (κ3) is 4.65. The van der Waals surface area contributed by atoms with Crippen LogP contribution in [0.3, 0.4) is 0 Å². The van der Waals surface area contributed by atoms with Crippen molar-refractivity contribution in [1.29, 1.82) is 0 Å². The predicted molar refractivity (Wildman–Crippen MR) is 93.0 cm³/mol. The lowest BCUT2D eigenvalue weighted by molar-refractivity contribution is -0.140. The number of imidazole rings is 1. The van der Waals surface area contributed by atoms with Gasteiger partial charge in [-0.3, -0.25) is 0 Å². The number of aliphatic hydroxyl groups excluding tert-OH is 1. The molecule has 1 aromatic carbocycles. The molecule has 0 aliphatic heterocycles. The lowest BCUT2D eigenvalue weighted by Gasteiger charge is -2.25. The molecule has 1 heterocycles. The van der Waals surface area contributed by atoms with E-state index >= 15 is 0 Å². The van der Waals surface area contributed by atoms with Gasteiger partial charge in [0, 0.05) is 23.9 Å². The number of nitrogens with zero attached hydrogens (tertiary/aromatic N) is 2. The van der Waals surface area contributed by atoms with Gasteiger partial charge in [-0.1, -0.05) is 17.4 Å². The molecule has 0 fully saturated rings. The van der Waals surface area contributed by atoms with Crippen LogP contribution in [0.4, 0.5) is 13.2 Å². The molecule has 3 N–H and O–H groups in total. The number of rotatable bonds is 6. The molecule has 2 rings (SSSR count). The first kappa shape index (κ1) is 20.4. The summed E-state index contributed by atoms with van der Waals surface area (Å²) in [7, 11) is 16.7. The SMILES string of the molecule is [B]C([B])([B])n1cc(C(F)(F)F)nc1-c1ccc(CN)c(OCC(C)O)c1. The Morgan fingerprint density at radius 2 is 1.96 bits per heavy atom. The third-order valence-corrected chi connectivity index (χ3v) is 3.44. The second-order valence-electron chi connectivity index (χ2n) is 5.89. The molecule has 0 spiro atoms. The molecule has 0 aliphatic rings. The van der Waals surface area contributed by atoms with E-state index in [1.165, 1.54) is 19.1 Å². The van der Waals surface area contributed by atoms with Gasteiger partial charge in [-0.2, -0.15) is 13.2 Å². The van der Waals surface area contributed by atoms with Crippen LogP contribution in [0.15, 0.2) is 24.4 Å². The first-order valence-electron chi connectivity index (χ1n) is 7.61. The van der Waals surface area contributed by atoms with Crippen LogP contribution in [0.5, 0.6) is 5.75 Å². The molecule has 0 saturated heterocycles. The zero-order chi connectivity index (χ0) is 19.7. The molecular weight excluding hydrogens is 344 g/mol. The van der Waals surface area contributed by atoms with Gasteiger partial charge in [0.2, 0.25) is 0 Å². The van der Waals surface area contributed by atoms with Crippen LogP contribution in [0.2, 0.25) is 0 Å². The van der Waals surface area contributed by atoms with Crippen LogP contribution >= 0.6 is 0 Å². The molecule has 1 unspecified atom stereocenters. The van der Waals surface area contributed by atoms with E-state index in [0.717, 1.165) is 4.57 Å². The van der Waals surface area contributed by atoms with Crippen molar-refractivity contribution in [3.63, 3.8) is 0 Å². The zero-order valence-electron chi connectivity index (χ0n) is 14.0. The number of hydrogen-bond acceptors (Lipinski definition) is 4. The van der Waals surface area contributed by atoms with Crippen molar-refractivity contribution in [3.8, 4) is 17.1 Å². The van der Waals surface area contributed by atoms with Crippen molar-refractivity contribution in [1.82, 2.24) is 9.55 Å². The number of nitrogens with two attached hydrogens (primary N) is 1. The highest BCUT2D eigenvalue weighted by atomic mass is 19.4. The van der Waals surface area contributed by atoms with Gasteiger partial charge in [0.25, 0.3) is 0 Å². The number of halogens is 3. The van der Waals surface area contributed by atoms with E-state index < -0.39 is 23.2 Å². The Bertz CT molecular complexity index is 774. The summed E-state index contributed by atoms with van der Waals surface area (Å²) in [5, 5.41) is 7.26. The molecule has 0 bridgehead atoms. The molecule has 132 valence electrons. The van der Waals surface area contributed by atoms with E-state index in [1.807, 2.05) is 0 Å². The Labute approximate surface area is 153 Å². The summed E-state index contributed by atoms with van der Waals surface area (Å²) in [6, 6.07) is 4.52. The Morgan fingerprint density at radius 3 is 2.46 bits per heavy atom. The summed E-state index contributed by atoms with van der Waals surface area (Å²) >= 11 is 0. The number of aromatic nitrogens is 2. The minimum Gasteiger partial charge on any atom is -0.491 e. The molecule has 0 amide bonds. The topological polar surface area (TPSA) is 73.3 Å². The molecular formula is C15H15B3F3N3O2. The largest absolute Gasteiger partial charge is 0.491 e. The van der Waals surface area contributed by atoms with E-state index in [2.05, 4.69) is 4.98 Å². The molecule has 26 heavy (non-hydrogen) atoms. The van der Waals surface area contributed by atoms with Crippen molar-refractivity contribution in [3.05, 3.63) is 35.7 Å². The van der Waals surface area contributed by atoms with Gasteiger partial charge < -0.3 is 20.1 Å². The highest BCUT2D eigenvalue weighted by Crippen LogP contribution is 2.34. The number of alkyl halides is 3. The normalized spacial score (nSPS) is 13.6. The van der Waals surface area contributed by atoms with Gasteiger partial charge in [0.1, 0.15) is 18.2 Å². The lowest BCUT2D eigenvalue weighted by atomic mass is 9.49. The fraction of sp³-hybridized carbons (Fsp3) is 0.400. The van der Waals surface area contributed by atoms with Gasteiger partial charge in [-0.25, -0.2) is 4.98 Å². The van der Waals surface area contributed by atoms with Crippen molar-refractivity contribution < 1.29 is 23.0 Å². The summed E-state index contributed by atoms with van der Waals surface area (Å²) < 4.78 is 45.4. The summed E-state index contributed by atoms with van der Waals surface area (Å²) in [5.41, 5.74) is 5.29. The average Bonchev–Trinajstić information content (AvgIpc) is 2.98. The summed E-state index contributed by atoms with van der Waals surface area (Å²) in [6.45, 7) is 1.64. The molecule has 0 aliphatic carbocycles. The van der Waals surface area contributed by atoms with Crippen molar-refractivity contribution in [2.45, 2.75) is 31.0 Å². The smallest absolute Gasteiger partial charge is 0.434 e. The van der Waals surface area contributed by atoms with Gasteiger partial charge in [-0.05, 0) is 13.0 Å². The first-order valence-corrected chi connectivity index (χ1v) is 7.61. The number of ether oxygens (including phenoxy) is 1. The van der Waals surface area contributed by atoms with E-state index in [1.54, 1.807) is 6.07 Å². The molecule has 5 nitrogen and oxygen atoms in total. The maximum absolute atomic E-state index is 13.0. The summed E-state index contributed by atoms with van der Waals surface area (Å²) in [6.07, 6.45) is -4.80. The van der Waals surface area contributed by atoms with E-state index in [4.69, 9.17) is 34.0 Å². The van der Waals surface area contributed by atoms with E-state index in [9.17, 15) is 18.3 Å². The average molecular weight is 359 g/mol. The van der Waals surface area contributed by atoms with Gasteiger partial charge in [0.15, 0.2) is 5.69 Å². The molecule has 11 heteroatoms. The summed E-state index contributed by atoms with van der Waals surface area (Å²) in [4.78, 5) is 3.57. The minimum absolute atomic E-state index is 0.0205. The second-order valence-corrected chi connectivity index (χ2v) is 5.89. The number of hydrogen-bond donors (Lipinski definition) is 2. The van der Waals surface area contributed by atoms with Crippen LogP contribution in [-0.2, 0) is 18.0 Å². The molecule has 1 atom stereocenters. The first-order chi connectivity index (χ1) is 11.9. The van der Waals surface area contributed by atoms with Gasteiger partial charge in [0.05, 0.1) is 29.6 Å². The fourth-order valence-electron chi connectivity index (χ4n) is 2.22. The Balaban J connectivity index is 2.56. The van der Waals surface area contributed by atoms with Crippen LogP contribution in [0, 0.1) is 0 Å². The fourth-order valence-corrected chi connectivity index (χ4v) is 2.22. The van der Waals surface area contributed by atoms with Crippen LogP contribution in [0.1, 0.15) is 18.2 Å². The molecule has 2 aromatic rings. The van der Waals surface area contributed by atoms with Crippen LogP contribution in [0.25, 0.3) is 11.4 Å². The van der Waals surface area contributed by atoms with Crippen LogP contribution < -0.4 is 10.5 Å². The maximum Gasteiger partial charge on any atom is 0.434 e. The van der Waals surface area contributed by atoms with Crippen molar-refractivity contribution in [2.24, 2.45) is 5.73 Å². The molecule has 6 radical (unpaired) electrons. The van der Waals surface area contributed by atoms with Crippen molar-refractivity contribution >= 4 is 23.5 Å². The number of benzene rings is 1. The zero-order valence-corrected chi connectivity index (χ0v) is 14.0. The van der Waals surface area contributed by atoms with Gasteiger partial charge >= 0.3 is 6.18 Å².